The molecule has 0 spiro atoms. The number of anilines is 1. The van der Waals surface area contributed by atoms with Crippen molar-refractivity contribution >= 4 is 22.5 Å². The van der Waals surface area contributed by atoms with Crippen LogP contribution in [0.5, 0.6) is 11.5 Å². The highest BCUT2D eigenvalue weighted by atomic mass is 16.5. The number of nitrogens with zero attached hydrogens (tertiary/aromatic N) is 4. The second-order valence-corrected chi connectivity index (χ2v) is 8.12. The van der Waals surface area contributed by atoms with Crippen molar-refractivity contribution in [2.24, 2.45) is 0 Å². The van der Waals surface area contributed by atoms with Crippen molar-refractivity contribution in [1.82, 2.24) is 19.3 Å². The smallest absolute Gasteiger partial charge is 0.278 e. The zero-order valence-corrected chi connectivity index (χ0v) is 19.7. The van der Waals surface area contributed by atoms with E-state index in [4.69, 9.17) is 13.9 Å². The van der Waals surface area contributed by atoms with Gasteiger partial charge in [-0.2, -0.15) is 5.10 Å². The van der Waals surface area contributed by atoms with Crippen LogP contribution in [0.1, 0.15) is 16.1 Å². The van der Waals surface area contributed by atoms with Crippen LogP contribution in [0.3, 0.4) is 0 Å². The average Bonchev–Trinajstić information content (AvgIpc) is 3.61. The summed E-state index contributed by atoms with van der Waals surface area (Å²) in [6.45, 7) is 3.29. The molecule has 0 radical (unpaired) electrons. The van der Waals surface area contributed by atoms with E-state index in [0.717, 1.165) is 22.0 Å². The van der Waals surface area contributed by atoms with Crippen LogP contribution in [-0.2, 0) is 13.1 Å². The Balaban J connectivity index is 1.27. The lowest BCUT2D eigenvalue weighted by Crippen LogP contribution is -2.13. The number of rotatable bonds is 8. The minimum Gasteiger partial charge on any atom is -0.493 e. The van der Waals surface area contributed by atoms with E-state index in [1.54, 1.807) is 31.3 Å². The SMILES string of the molecule is COc1cc2ccn(CCn3cc(NC(=O)c4ncoc4-c4cccc(C)c4)cn3)c2cc1OC. The van der Waals surface area contributed by atoms with Gasteiger partial charge in [0, 0.05) is 36.0 Å². The molecular formula is C26H25N5O4. The molecule has 3 aromatic heterocycles. The van der Waals surface area contributed by atoms with Gasteiger partial charge in [-0.25, -0.2) is 4.98 Å². The molecule has 35 heavy (non-hydrogen) atoms. The fourth-order valence-electron chi connectivity index (χ4n) is 4.06. The summed E-state index contributed by atoms with van der Waals surface area (Å²) in [4.78, 5) is 17.0. The zero-order valence-electron chi connectivity index (χ0n) is 19.7. The molecular weight excluding hydrogens is 446 g/mol. The Kier molecular flexibility index (Phi) is 5.97. The number of carbonyl (C=O) groups excluding carboxylic acids is 1. The molecule has 1 N–H and O–H groups in total. The van der Waals surface area contributed by atoms with Crippen LogP contribution in [0.15, 0.2) is 71.9 Å². The van der Waals surface area contributed by atoms with Gasteiger partial charge >= 0.3 is 0 Å². The number of nitrogens with one attached hydrogen (secondary N) is 1. The van der Waals surface area contributed by atoms with Crippen LogP contribution in [-0.4, -0.2) is 39.5 Å². The molecule has 2 aromatic carbocycles. The standard InChI is InChI=1S/C26H25N5O4/c1-17-5-4-6-19(11-17)25-24(27-16-35-25)26(32)29-20-14-28-31(15-20)10-9-30-8-7-18-12-22(33-2)23(34-3)13-21(18)30/h4-8,11-16H,9-10H2,1-3H3,(H,29,32). The molecule has 0 aliphatic heterocycles. The van der Waals surface area contributed by atoms with Crippen molar-refractivity contribution in [1.29, 1.82) is 0 Å². The third-order valence-corrected chi connectivity index (χ3v) is 5.80. The third-order valence-electron chi connectivity index (χ3n) is 5.80. The number of fused-ring (bicyclic) bond motifs is 1. The quantitative estimate of drug-likeness (QED) is 0.350. The second kappa shape index (κ2) is 9.38. The summed E-state index contributed by atoms with van der Waals surface area (Å²) in [6.07, 6.45) is 6.71. The number of amides is 1. The highest BCUT2D eigenvalue weighted by Crippen LogP contribution is 2.32. The Labute approximate surface area is 201 Å². The topological polar surface area (TPSA) is 96.3 Å². The van der Waals surface area contributed by atoms with E-state index in [2.05, 4.69) is 20.0 Å². The van der Waals surface area contributed by atoms with Crippen LogP contribution in [0.4, 0.5) is 5.69 Å². The molecule has 178 valence electrons. The van der Waals surface area contributed by atoms with E-state index in [-0.39, 0.29) is 11.6 Å². The maximum absolute atomic E-state index is 12.9. The highest BCUT2D eigenvalue weighted by molar-refractivity contribution is 6.06. The summed E-state index contributed by atoms with van der Waals surface area (Å²) >= 11 is 0. The fourth-order valence-corrected chi connectivity index (χ4v) is 4.06. The molecule has 0 unspecified atom stereocenters. The monoisotopic (exact) mass is 471 g/mol. The van der Waals surface area contributed by atoms with Crippen LogP contribution in [0.2, 0.25) is 0 Å². The first kappa shape index (κ1) is 22.3. The Bertz CT molecular complexity index is 1500. The largest absolute Gasteiger partial charge is 0.493 e. The van der Waals surface area contributed by atoms with Crippen LogP contribution >= 0.6 is 0 Å². The molecule has 5 aromatic rings. The normalized spacial score (nSPS) is 11.1. The number of hydrogen-bond donors (Lipinski definition) is 1. The third kappa shape index (κ3) is 4.48. The molecule has 1 amide bonds. The molecule has 0 aliphatic carbocycles. The van der Waals surface area contributed by atoms with Crippen molar-refractivity contribution in [2.45, 2.75) is 20.0 Å². The van der Waals surface area contributed by atoms with E-state index in [9.17, 15) is 4.79 Å². The van der Waals surface area contributed by atoms with Gasteiger partial charge in [-0.15, -0.1) is 0 Å². The second-order valence-electron chi connectivity index (χ2n) is 8.12. The minimum absolute atomic E-state index is 0.228. The summed E-state index contributed by atoms with van der Waals surface area (Å²) in [7, 11) is 3.25. The minimum atomic E-state index is -0.354. The predicted octanol–water partition coefficient (Wildman–Crippen LogP) is 4.77. The van der Waals surface area contributed by atoms with E-state index in [1.807, 2.05) is 55.6 Å². The van der Waals surface area contributed by atoms with E-state index in [1.165, 1.54) is 6.39 Å². The maximum Gasteiger partial charge on any atom is 0.278 e. The maximum atomic E-state index is 12.9. The first-order chi connectivity index (χ1) is 17.1. The Morgan fingerprint density at radius 3 is 2.71 bits per heavy atom. The van der Waals surface area contributed by atoms with Crippen LogP contribution in [0.25, 0.3) is 22.2 Å². The van der Waals surface area contributed by atoms with Gasteiger partial charge in [0.2, 0.25) is 0 Å². The lowest BCUT2D eigenvalue weighted by molar-refractivity contribution is 0.102. The molecule has 0 saturated heterocycles. The van der Waals surface area contributed by atoms with Crippen molar-refractivity contribution in [3.63, 3.8) is 0 Å². The molecule has 0 saturated carbocycles. The Morgan fingerprint density at radius 2 is 1.91 bits per heavy atom. The molecule has 0 aliphatic rings. The fraction of sp³-hybridized carbons (Fsp3) is 0.192. The molecule has 5 rings (SSSR count). The zero-order chi connectivity index (χ0) is 24.4. The number of methoxy groups -OCH3 is 2. The van der Waals surface area contributed by atoms with Gasteiger partial charge in [-0.3, -0.25) is 9.48 Å². The van der Waals surface area contributed by atoms with Gasteiger partial charge in [0.05, 0.1) is 38.2 Å². The van der Waals surface area contributed by atoms with E-state index >= 15 is 0 Å². The van der Waals surface area contributed by atoms with Crippen LogP contribution in [0, 0.1) is 6.92 Å². The molecule has 9 heteroatoms. The number of benzene rings is 2. The number of oxazole rings is 1. The van der Waals surface area contributed by atoms with E-state index in [0.29, 0.717) is 36.0 Å². The Morgan fingerprint density at radius 1 is 1.09 bits per heavy atom. The molecule has 0 bridgehead atoms. The molecule has 0 atom stereocenters. The van der Waals surface area contributed by atoms with Crippen molar-refractivity contribution in [3.05, 3.63) is 78.7 Å². The first-order valence-corrected chi connectivity index (χ1v) is 11.1. The molecule has 9 nitrogen and oxygen atoms in total. The Hall–Kier alpha value is -4.53. The summed E-state index contributed by atoms with van der Waals surface area (Å²) < 4.78 is 20.2. The first-order valence-electron chi connectivity index (χ1n) is 11.1. The lowest BCUT2D eigenvalue weighted by Gasteiger charge is -2.10. The van der Waals surface area contributed by atoms with Crippen LogP contribution < -0.4 is 14.8 Å². The molecule has 0 fully saturated rings. The van der Waals surface area contributed by atoms with Crippen molar-refractivity contribution in [3.8, 4) is 22.8 Å². The summed E-state index contributed by atoms with van der Waals surface area (Å²) in [6, 6.07) is 13.7. The van der Waals surface area contributed by atoms with Crippen molar-refractivity contribution < 1.29 is 18.7 Å². The summed E-state index contributed by atoms with van der Waals surface area (Å²) in [5, 5.41) is 8.30. The number of aryl methyl sites for hydroxylation is 3. The number of aromatic nitrogens is 4. The van der Waals surface area contributed by atoms with Crippen molar-refractivity contribution in [2.75, 3.05) is 19.5 Å². The number of ether oxygens (including phenoxy) is 2. The van der Waals surface area contributed by atoms with Gasteiger partial charge in [0.25, 0.3) is 5.91 Å². The average molecular weight is 472 g/mol. The van der Waals surface area contributed by atoms with Gasteiger partial charge in [0.1, 0.15) is 0 Å². The van der Waals surface area contributed by atoms with E-state index < -0.39 is 0 Å². The molecule has 3 heterocycles. The lowest BCUT2D eigenvalue weighted by atomic mass is 10.1. The summed E-state index contributed by atoms with van der Waals surface area (Å²) in [5.41, 5.74) is 3.72. The van der Waals surface area contributed by atoms with Gasteiger partial charge < -0.3 is 23.8 Å². The highest BCUT2D eigenvalue weighted by Gasteiger charge is 2.19. The van der Waals surface area contributed by atoms with Gasteiger partial charge in [-0.1, -0.05) is 23.8 Å². The number of carbonyl (C=O) groups is 1. The summed E-state index contributed by atoms with van der Waals surface area (Å²) in [5.74, 6) is 1.46. The predicted molar refractivity (Wildman–Crippen MR) is 132 cm³/mol. The van der Waals surface area contributed by atoms with Gasteiger partial charge in [-0.05, 0) is 25.1 Å². The van der Waals surface area contributed by atoms with Gasteiger partial charge in [0.15, 0.2) is 29.3 Å². The number of hydrogen-bond acceptors (Lipinski definition) is 6.